The number of hydrogen-bond acceptors (Lipinski definition) is 2. The van der Waals surface area contributed by atoms with Crippen LogP contribution in [-0.2, 0) is 0 Å². The highest BCUT2D eigenvalue weighted by atomic mass is 32.1. The molecule has 0 radical (unpaired) electrons. The zero-order valence-electron chi connectivity index (χ0n) is 10.1. The zero-order chi connectivity index (χ0) is 11.3. The molecule has 15 heavy (non-hydrogen) atoms. The van der Waals surface area contributed by atoms with Crippen LogP contribution in [0.25, 0.3) is 0 Å². The lowest BCUT2D eigenvalue weighted by atomic mass is 10.3. The molecule has 3 nitrogen and oxygen atoms in total. The molecule has 0 spiro atoms. The Morgan fingerprint density at radius 1 is 1.33 bits per heavy atom. The van der Waals surface area contributed by atoms with E-state index in [1.807, 2.05) is 0 Å². The van der Waals surface area contributed by atoms with Crippen LogP contribution in [0, 0.1) is 0 Å². The second-order valence-corrected chi connectivity index (χ2v) is 4.85. The first-order valence-corrected chi connectivity index (χ1v) is 6.24. The molecule has 0 bridgehead atoms. The minimum Gasteiger partial charge on any atom is -0.360 e. The molecule has 1 N–H and O–H groups in total. The van der Waals surface area contributed by atoms with Crippen LogP contribution >= 0.6 is 12.2 Å². The molecular weight excluding hydrogens is 206 g/mol. The lowest BCUT2D eigenvalue weighted by molar-refractivity contribution is 0.352. The lowest BCUT2D eigenvalue weighted by Crippen LogP contribution is -2.41. The van der Waals surface area contributed by atoms with Crippen LogP contribution in [0.4, 0.5) is 0 Å². The van der Waals surface area contributed by atoms with E-state index < -0.39 is 0 Å². The van der Waals surface area contributed by atoms with Gasteiger partial charge in [-0.2, -0.15) is 0 Å². The molecule has 1 fully saturated rings. The van der Waals surface area contributed by atoms with Crippen LogP contribution in [0.1, 0.15) is 26.2 Å². The number of thiocarbonyl (C=S) groups is 1. The standard InChI is InChI=1S/C11H23N3S/c1-4-14(9-5-8-13(2)3)11(15)12-10-6-7-10/h10H,4-9H2,1-3H3,(H,12,15). The molecule has 1 rings (SSSR count). The predicted molar refractivity (Wildman–Crippen MR) is 69.2 cm³/mol. The number of nitrogens with zero attached hydrogens (tertiary/aromatic N) is 2. The maximum absolute atomic E-state index is 5.37. The van der Waals surface area contributed by atoms with Crippen molar-refractivity contribution in [1.29, 1.82) is 0 Å². The van der Waals surface area contributed by atoms with Crippen molar-refractivity contribution in [2.45, 2.75) is 32.2 Å². The van der Waals surface area contributed by atoms with E-state index in [9.17, 15) is 0 Å². The van der Waals surface area contributed by atoms with Gasteiger partial charge >= 0.3 is 0 Å². The highest BCUT2D eigenvalue weighted by Gasteiger charge is 2.23. The number of hydrogen-bond donors (Lipinski definition) is 1. The lowest BCUT2D eigenvalue weighted by Gasteiger charge is -2.25. The second-order valence-electron chi connectivity index (χ2n) is 4.46. The summed E-state index contributed by atoms with van der Waals surface area (Å²) in [7, 11) is 4.22. The highest BCUT2D eigenvalue weighted by Crippen LogP contribution is 2.18. The highest BCUT2D eigenvalue weighted by molar-refractivity contribution is 7.80. The molecule has 0 heterocycles. The topological polar surface area (TPSA) is 18.5 Å². The summed E-state index contributed by atoms with van der Waals surface area (Å²) in [5, 5.41) is 4.33. The molecule has 88 valence electrons. The summed E-state index contributed by atoms with van der Waals surface area (Å²) in [6.07, 6.45) is 3.75. The Kier molecular flexibility index (Phi) is 5.32. The smallest absolute Gasteiger partial charge is 0.169 e. The van der Waals surface area contributed by atoms with E-state index in [1.54, 1.807) is 0 Å². The Balaban J connectivity index is 2.17. The second kappa shape index (κ2) is 6.28. The molecule has 0 unspecified atom stereocenters. The van der Waals surface area contributed by atoms with Crippen molar-refractivity contribution < 1.29 is 0 Å². The Hall–Kier alpha value is -0.350. The van der Waals surface area contributed by atoms with E-state index in [4.69, 9.17) is 12.2 Å². The molecule has 1 aliphatic rings. The van der Waals surface area contributed by atoms with E-state index in [2.05, 4.69) is 36.1 Å². The SMILES string of the molecule is CCN(CCCN(C)C)C(=S)NC1CC1. The third kappa shape index (κ3) is 5.33. The van der Waals surface area contributed by atoms with Gasteiger partial charge in [-0.1, -0.05) is 0 Å². The van der Waals surface area contributed by atoms with Gasteiger partial charge < -0.3 is 15.1 Å². The fraction of sp³-hybridized carbons (Fsp3) is 0.909. The van der Waals surface area contributed by atoms with Gasteiger partial charge in [-0.3, -0.25) is 0 Å². The molecule has 1 saturated carbocycles. The van der Waals surface area contributed by atoms with Crippen molar-refractivity contribution in [2.75, 3.05) is 33.7 Å². The normalized spacial score (nSPS) is 15.5. The average Bonchev–Trinajstić information content (AvgIpc) is 2.95. The van der Waals surface area contributed by atoms with E-state index in [0.29, 0.717) is 6.04 Å². The van der Waals surface area contributed by atoms with Gasteiger partial charge in [0.2, 0.25) is 0 Å². The Morgan fingerprint density at radius 2 is 2.00 bits per heavy atom. The maximum Gasteiger partial charge on any atom is 0.169 e. The quantitative estimate of drug-likeness (QED) is 0.692. The first kappa shape index (κ1) is 12.7. The summed E-state index contributed by atoms with van der Waals surface area (Å²) in [6, 6.07) is 0.667. The minimum atomic E-state index is 0.667. The molecule has 0 atom stereocenters. The first-order valence-electron chi connectivity index (χ1n) is 5.83. The molecule has 0 saturated heterocycles. The molecule has 0 aromatic heterocycles. The van der Waals surface area contributed by atoms with E-state index in [0.717, 1.165) is 24.7 Å². The average molecular weight is 229 g/mol. The Labute approximate surface area is 98.8 Å². The summed E-state index contributed by atoms with van der Waals surface area (Å²) >= 11 is 5.37. The summed E-state index contributed by atoms with van der Waals surface area (Å²) in [6.45, 7) is 5.36. The summed E-state index contributed by atoms with van der Waals surface area (Å²) in [4.78, 5) is 4.47. The molecule has 0 aromatic carbocycles. The molecular formula is C11H23N3S. The van der Waals surface area contributed by atoms with E-state index in [-0.39, 0.29) is 0 Å². The zero-order valence-corrected chi connectivity index (χ0v) is 10.9. The summed E-state index contributed by atoms with van der Waals surface area (Å²) in [5.74, 6) is 0. The largest absolute Gasteiger partial charge is 0.360 e. The van der Waals surface area contributed by atoms with Crippen LogP contribution in [0.3, 0.4) is 0 Å². The van der Waals surface area contributed by atoms with Crippen molar-refractivity contribution in [3.8, 4) is 0 Å². The van der Waals surface area contributed by atoms with Gasteiger partial charge in [-0.15, -0.1) is 0 Å². The van der Waals surface area contributed by atoms with Crippen molar-refractivity contribution >= 4 is 17.3 Å². The monoisotopic (exact) mass is 229 g/mol. The molecule has 0 aliphatic heterocycles. The molecule has 1 aliphatic carbocycles. The maximum atomic E-state index is 5.37. The third-order valence-electron chi connectivity index (χ3n) is 2.61. The fourth-order valence-corrected chi connectivity index (χ4v) is 1.86. The summed E-state index contributed by atoms with van der Waals surface area (Å²) < 4.78 is 0. The van der Waals surface area contributed by atoms with Gasteiger partial charge in [0.15, 0.2) is 5.11 Å². The van der Waals surface area contributed by atoms with Crippen molar-refractivity contribution in [1.82, 2.24) is 15.1 Å². The third-order valence-corrected chi connectivity index (χ3v) is 2.98. The van der Waals surface area contributed by atoms with Gasteiger partial charge in [0, 0.05) is 19.1 Å². The molecule has 0 amide bonds. The van der Waals surface area contributed by atoms with Gasteiger partial charge in [0.25, 0.3) is 0 Å². The van der Waals surface area contributed by atoms with Gasteiger partial charge in [0.05, 0.1) is 0 Å². The van der Waals surface area contributed by atoms with Crippen LogP contribution < -0.4 is 5.32 Å². The van der Waals surface area contributed by atoms with E-state index in [1.165, 1.54) is 19.3 Å². The minimum absolute atomic E-state index is 0.667. The van der Waals surface area contributed by atoms with Gasteiger partial charge in [0.1, 0.15) is 0 Å². The predicted octanol–water partition coefficient (Wildman–Crippen LogP) is 1.30. The van der Waals surface area contributed by atoms with Crippen LogP contribution in [0.2, 0.25) is 0 Å². The Morgan fingerprint density at radius 3 is 2.47 bits per heavy atom. The summed E-state index contributed by atoms with van der Waals surface area (Å²) in [5.41, 5.74) is 0. The Bertz CT molecular complexity index is 202. The van der Waals surface area contributed by atoms with Crippen LogP contribution in [0.15, 0.2) is 0 Å². The first-order chi connectivity index (χ1) is 7.13. The number of rotatable bonds is 6. The van der Waals surface area contributed by atoms with Crippen molar-refractivity contribution in [2.24, 2.45) is 0 Å². The van der Waals surface area contributed by atoms with Gasteiger partial charge in [-0.05, 0) is 59.0 Å². The van der Waals surface area contributed by atoms with Crippen LogP contribution in [-0.4, -0.2) is 54.7 Å². The molecule has 4 heteroatoms. The van der Waals surface area contributed by atoms with Crippen LogP contribution in [0.5, 0.6) is 0 Å². The number of nitrogens with one attached hydrogen (secondary N) is 1. The van der Waals surface area contributed by atoms with Gasteiger partial charge in [-0.25, -0.2) is 0 Å². The molecule has 0 aromatic rings. The van der Waals surface area contributed by atoms with Crippen molar-refractivity contribution in [3.05, 3.63) is 0 Å². The van der Waals surface area contributed by atoms with E-state index >= 15 is 0 Å². The van der Waals surface area contributed by atoms with Crippen molar-refractivity contribution in [3.63, 3.8) is 0 Å². The fourth-order valence-electron chi connectivity index (χ4n) is 1.47.